The van der Waals surface area contributed by atoms with Gasteiger partial charge in [0.15, 0.2) is 0 Å². The minimum atomic E-state index is 0.358. The fourth-order valence-electron chi connectivity index (χ4n) is 4.16. The Morgan fingerprint density at radius 3 is 1.71 bits per heavy atom. The maximum Gasteiger partial charge on any atom is 0.222 e. The van der Waals surface area contributed by atoms with E-state index in [1.165, 1.54) is 89.0 Å². The molecule has 0 aliphatic carbocycles. The largest absolute Gasteiger partial charge is 0.508 e. The highest BCUT2D eigenvalue weighted by atomic mass is 16.3. The zero-order valence-electron chi connectivity index (χ0n) is 17.8. The molecular formula is C25H41NO2. The summed E-state index contributed by atoms with van der Waals surface area (Å²) in [7, 11) is 0. The number of likely N-dealkylation sites (tertiary alicyclic amines) is 1. The number of hydrogen-bond acceptors (Lipinski definition) is 2. The molecule has 0 saturated carbocycles. The van der Waals surface area contributed by atoms with Gasteiger partial charge in [-0.05, 0) is 49.8 Å². The number of rotatable bonds is 15. The minimum Gasteiger partial charge on any atom is -0.508 e. The van der Waals surface area contributed by atoms with E-state index >= 15 is 0 Å². The van der Waals surface area contributed by atoms with E-state index in [9.17, 15) is 9.90 Å². The molecule has 0 aromatic heterocycles. The summed E-state index contributed by atoms with van der Waals surface area (Å²) in [6.07, 6.45) is 20.0. The second-order valence-electron chi connectivity index (χ2n) is 8.50. The van der Waals surface area contributed by atoms with E-state index in [-0.39, 0.29) is 0 Å². The summed E-state index contributed by atoms with van der Waals surface area (Å²) in [5.74, 6) is 0.747. The van der Waals surface area contributed by atoms with E-state index in [0.29, 0.717) is 11.7 Å². The summed E-state index contributed by atoms with van der Waals surface area (Å²) < 4.78 is 0. The van der Waals surface area contributed by atoms with Gasteiger partial charge in [-0.15, -0.1) is 0 Å². The first kappa shape index (κ1) is 22.8. The minimum absolute atomic E-state index is 0.358. The number of nitrogens with zero attached hydrogens (tertiary/aromatic N) is 1. The van der Waals surface area contributed by atoms with Gasteiger partial charge >= 0.3 is 0 Å². The van der Waals surface area contributed by atoms with E-state index in [4.69, 9.17) is 0 Å². The summed E-state index contributed by atoms with van der Waals surface area (Å²) in [6, 6.07) is 7.62. The topological polar surface area (TPSA) is 40.5 Å². The molecular weight excluding hydrogens is 346 g/mol. The van der Waals surface area contributed by atoms with Gasteiger partial charge in [0.1, 0.15) is 5.75 Å². The molecule has 1 amide bonds. The number of hydrogen-bond donors (Lipinski definition) is 1. The van der Waals surface area contributed by atoms with E-state index in [2.05, 4.69) is 0 Å². The Labute approximate surface area is 172 Å². The van der Waals surface area contributed by atoms with Crippen molar-refractivity contribution in [1.82, 2.24) is 4.90 Å². The van der Waals surface area contributed by atoms with Crippen LogP contribution in [0.1, 0.15) is 102 Å². The number of unbranched alkanes of at least 4 members (excludes halogenated alkanes) is 11. The molecule has 0 atom stereocenters. The highest BCUT2D eigenvalue weighted by Crippen LogP contribution is 2.16. The molecule has 158 valence electrons. The average Bonchev–Trinajstić information content (AvgIpc) is 3.24. The predicted octanol–water partition coefficient (Wildman–Crippen LogP) is 6.63. The number of aromatic hydroxyl groups is 1. The van der Waals surface area contributed by atoms with Gasteiger partial charge in [0.05, 0.1) is 0 Å². The molecule has 0 radical (unpaired) electrons. The van der Waals surface area contributed by atoms with Gasteiger partial charge in [0, 0.05) is 19.5 Å². The van der Waals surface area contributed by atoms with Crippen molar-refractivity contribution in [2.75, 3.05) is 13.1 Å². The van der Waals surface area contributed by atoms with Crippen LogP contribution < -0.4 is 0 Å². The fraction of sp³-hybridized carbons (Fsp3) is 0.720. The molecule has 0 spiro atoms. The van der Waals surface area contributed by atoms with Crippen LogP contribution >= 0.6 is 0 Å². The average molecular weight is 388 g/mol. The first-order chi connectivity index (χ1) is 13.8. The molecule has 1 saturated heterocycles. The van der Waals surface area contributed by atoms with Crippen LogP contribution in [0, 0.1) is 0 Å². The Morgan fingerprint density at radius 1 is 0.714 bits per heavy atom. The van der Waals surface area contributed by atoms with Gasteiger partial charge in [-0.3, -0.25) is 4.79 Å². The highest BCUT2D eigenvalue weighted by Gasteiger charge is 2.16. The molecule has 1 aliphatic rings. The summed E-state index contributed by atoms with van der Waals surface area (Å²) in [5, 5.41) is 9.28. The van der Waals surface area contributed by atoms with Crippen LogP contribution in [0.5, 0.6) is 5.75 Å². The van der Waals surface area contributed by atoms with E-state index in [0.717, 1.165) is 32.4 Å². The van der Waals surface area contributed by atoms with Crippen molar-refractivity contribution in [1.29, 1.82) is 0 Å². The smallest absolute Gasteiger partial charge is 0.222 e. The molecule has 0 unspecified atom stereocenters. The van der Waals surface area contributed by atoms with Crippen LogP contribution in [-0.2, 0) is 11.2 Å². The van der Waals surface area contributed by atoms with Gasteiger partial charge in [-0.25, -0.2) is 0 Å². The molecule has 1 aromatic rings. The monoisotopic (exact) mass is 387 g/mol. The zero-order valence-corrected chi connectivity index (χ0v) is 17.8. The van der Waals surface area contributed by atoms with Crippen LogP contribution in [0.2, 0.25) is 0 Å². The number of amides is 1. The van der Waals surface area contributed by atoms with Crippen LogP contribution in [0.3, 0.4) is 0 Å². The molecule has 1 aromatic carbocycles. The lowest BCUT2D eigenvalue weighted by Crippen LogP contribution is -2.27. The highest BCUT2D eigenvalue weighted by molar-refractivity contribution is 5.76. The van der Waals surface area contributed by atoms with E-state index in [1.807, 2.05) is 17.0 Å². The summed E-state index contributed by atoms with van der Waals surface area (Å²) >= 11 is 0. The molecule has 3 nitrogen and oxygen atoms in total. The normalized spacial score (nSPS) is 13.9. The van der Waals surface area contributed by atoms with Crippen molar-refractivity contribution in [2.45, 2.75) is 103 Å². The van der Waals surface area contributed by atoms with Gasteiger partial charge in [0.25, 0.3) is 0 Å². The molecule has 2 rings (SSSR count). The number of benzene rings is 1. The number of aryl methyl sites for hydroxylation is 1. The van der Waals surface area contributed by atoms with Crippen LogP contribution in [0.15, 0.2) is 24.3 Å². The molecule has 28 heavy (non-hydrogen) atoms. The molecule has 1 N–H and O–H groups in total. The van der Waals surface area contributed by atoms with Gasteiger partial charge < -0.3 is 10.0 Å². The van der Waals surface area contributed by atoms with Gasteiger partial charge in [0.2, 0.25) is 5.91 Å². The van der Waals surface area contributed by atoms with Crippen molar-refractivity contribution < 1.29 is 9.90 Å². The standard InChI is InChI=1S/C25H41NO2/c27-24-19-17-23(18-20-24)15-11-9-7-5-3-1-2-4-6-8-10-12-16-25(28)26-21-13-14-22-26/h17-20,27H,1-16,21-22H2. The van der Waals surface area contributed by atoms with Crippen molar-refractivity contribution >= 4 is 5.91 Å². The summed E-state index contributed by atoms with van der Waals surface area (Å²) in [6.45, 7) is 1.99. The lowest BCUT2D eigenvalue weighted by Gasteiger charge is -2.14. The van der Waals surface area contributed by atoms with Gasteiger partial charge in [-0.2, -0.15) is 0 Å². The van der Waals surface area contributed by atoms with Crippen molar-refractivity contribution in [3.8, 4) is 5.75 Å². The van der Waals surface area contributed by atoms with Crippen molar-refractivity contribution in [2.24, 2.45) is 0 Å². The number of phenols is 1. The Kier molecular flexibility index (Phi) is 11.8. The van der Waals surface area contributed by atoms with E-state index in [1.54, 1.807) is 12.1 Å². The molecule has 0 bridgehead atoms. The molecule has 3 heteroatoms. The van der Waals surface area contributed by atoms with Crippen molar-refractivity contribution in [3.63, 3.8) is 0 Å². The Bertz CT molecular complexity index is 520. The Hall–Kier alpha value is -1.51. The first-order valence-electron chi connectivity index (χ1n) is 11.8. The third kappa shape index (κ3) is 10.1. The quantitative estimate of drug-likeness (QED) is 0.343. The second-order valence-corrected chi connectivity index (χ2v) is 8.50. The van der Waals surface area contributed by atoms with Gasteiger partial charge in [-0.1, -0.05) is 76.3 Å². The molecule has 1 fully saturated rings. The van der Waals surface area contributed by atoms with Crippen molar-refractivity contribution in [3.05, 3.63) is 29.8 Å². The van der Waals surface area contributed by atoms with Crippen LogP contribution in [0.4, 0.5) is 0 Å². The lowest BCUT2D eigenvalue weighted by atomic mass is 10.0. The maximum absolute atomic E-state index is 11.9. The second kappa shape index (κ2) is 14.5. The predicted molar refractivity (Wildman–Crippen MR) is 118 cm³/mol. The Morgan fingerprint density at radius 2 is 1.18 bits per heavy atom. The number of phenolic OH excluding ortho intramolecular Hbond substituents is 1. The first-order valence-corrected chi connectivity index (χ1v) is 11.8. The number of carbonyl (C=O) groups is 1. The third-order valence-electron chi connectivity index (χ3n) is 6.00. The molecule has 1 aliphatic heterocycles. The van der Waals surface area contributed by atoms with Crippen LogP contribution in [0.25, 0.3) is 0 Å². The SMILES string of the molecule is O=C(CCCCCCCCCCCCCCc1ccc(O)cc1)N1CCCC1. The zero-order chi connectivity index (χ0) is 19.9. The summed E-state index contributed by atoms with van der Waals surface area (Å²) in [4.78, 5) is 14.0. The lowest BCUT2D eigenvalue weighted by molar-refractivity contribution is -0.130. The third-order valence-corrected chi connectivity index (χ3v) is 6.00. The maximum atomic E-state index is 11.9. The summed E-state index contributed by atoms with van der Waals surface area (Å²) in [5.41, 5.74) is 1.33. The molecule has 1 heterocycles. The Balaban J connectivity index is 1.28. The fourth-order valence-corrected chi connectivity index (χ4v) is 4.16. The van der Waals surface area contributed by atoms with Crippen LogP contribution in [-0.4, -0.2) is 29.0 Å². The van der Waals surface area contributed by atoms with E-state index < -0.39 is 0 Å². The number of carbonyl (C=O) groups excluding carboxylic acids is 1.